The number of aliphatic hydroxyl groups excluding tert-OH is 1. The van der Waals surface area contributed by atoms with Crippen LogP contribution in [0.2, 0.25) is 0 Å². The van der Waals surface area contributed by atoms with Gasteiger partial charge in [-0.1, -0.05) is 42.4 Å². The van der Waals surface area contributed by atoms with Crippen LogP contribution in [-0.2, 0) is 6.54 Å². The summed E-state index contributed by atoms with van der Waals surface area (Å²) in [7, 11) is 0. The topological polar surface area (TPSA) is 71.5 Å². The van der Waals surface area contributed by atoms with Crippen molar-refractivity contribution >= 4 is 0 Å². The minimum atomic E-state index is -0.620. The van der Waals surface area contributed by atoms with Crippen molar-refractivity contribution in [3.63, 3.8) is 0 Å². The van der Waals surface area contributed by atoms with E-state index >= 15 is 0 Å². The van der Waals surface area contributed by atoms with E-state index in [1.807, 2.05) is 30.3 Å². The molecule has 0 amide bonds. The summed E-state index contributed by atoms with van der Waals surface area (Å²) in [4.78, 5) is 14.1. The van der Waals surface area contributed by atoms with Crippen LogP contribution in [0.1, 0.15) is 13.3 Å². The van der Waals surface area contributed by atoms with Crippen molar-refractivity contribution in [3.05, 3.63) is 40.9 Å². The van der Waals surface area contributed by atoms with Gasteiger partial charge in [-0.2, -0.15) is 0 Å². The fourth-order valence-electron chi connectivity index (χ4n) is 2.98. The Morgan fingerprint density at radius 1 is 1.36 bits per heavy atom. The molecular weight excluding hydrogens is 282 g/mol. The number of likely N-dealkylation sites (tertiary alicyclic amines) is 1. The Morgan fingerprint density at radius 3 is 2.82 bits per heavy atom. The van der Waals surface area contributed by atoms with Gasteiger partial charge in [0, 0.05) is 18.7 Å². The van der Waals surface area contributed by atoms with E-state index in [1.165, 1.54) is 4.57 Å². The highest BCUT2D eigenvalue weighted by Gasteiger charge is 2.22. The highest BCUT2D eigenvalue weighted by Crippen LogP contribution is 2.17. The van der Waals surface area contributed by atoms with E-state index in [0.29, 0.717) is 18.3 Å². The summed E-state index contributed by atoms with van der Waals surface area (Å²) in [6.07, 6.45) is 0.541. The molecule has 0 spiro atoms. The van der Waals surface area contributed by atoms with E-state index in [9.17, 15) is 9.90 Å². The van der Waals surface area contributed by atoms with Crippen LogP contribution >= 0.6 is 0 Å². The smallest absolute Gasteiger partial charge is 0.390 e. The molecule has 6 nitrogen and oxygen atoms in total. The van der Waals surface area contributed by atoms with Crippen LogP contribution in [0.15, 0.2) is 39.6 Å². The molecule has 0 radical (unpaired) electrons. The number of rotatable bonds is 5. The van der Waals surface area contributed by atoms with Gasteiger partial charge in [0.25, 0.3) is 0 Å². The van der Waals surface area contributed by atoms with Crippen LogP contribution in [0.25, 0.3) is 11.4 Å². The van der Waals surface area contributed by atoms with E-state index in [-0.39, 0.29) is 6.54 Å². The zero-order valence-electron chi connectivity index (χ0n) is 12.7. The maximum atomic E-state index is 11.8. The summed E-state index contributed by atoms with van der Waals surface area (Å²) in [5.74, 6) is 0.595. The fraction of sp³-hybridized carbons (Fsp3) is 0.500. The van der Waals surface area contributed by atoms with Crippen LogP contribution in [0.4, 0.5) is 0 Å². The number of hydrogen-bond acceptors (Lipinski definition) is 5. The molecule has 0 aliphatic carbocycles. The first-order valence-electron chi connectivity index (χ1n) is 7.66. The van der Waals surface area contributed by atoms with Crippen molar-refractivity contribution in [2.75, 3.05) is 19.6 Å². The van der Waals surface area contributed by atoms with Crippen molar-refractivity contribution in [3.8, 4) is 11.4 Å². The largest absolute Gasteiger partial charge is 0.441 e. The molecule has 1 saturated heterocycles. The van der Waals surface area contributed by atoms with Gasteiger partial charge < -0.3 is 10.0 Å². The van der Waals surface area contributed by atoms with Crippen LogP contribution < -0.4 is 5.76 Å². The standard InChI is InChI=1S/C16H21N3O3/c1-12-7-8-18(9-12)10-14(20)11-19-15(17-22-16(19)21)13-5-3-2-4-6-13/h2-6,12,14,20H,7-11H2,1H3. The lowest BCUT2D eigenvalue weighted by Crippen LogP contribution is -2.35. The van der Waals surface area contributed by atoms with Gasteiger partial charge in [0.05, 0.1) is 12.6 Å². The van der Waals surface area contributed by atoms with Gasteiger partial charge >= 0.3 is 5.76 Å². The van der Waals surface area contributed by atoms with Gasteiger partial charge in [0.2, 0.25) is 0 Å². The average Bonchev–Trinajstić information content (AvgIpc) is 3.07. The molecule has 1 aliphatic heterocycles. The molecule has 2 unspecified atom stereocenters. The summed E-state index contributed by atoms with van der Waals surface area (Å²) < 4.78 is 6.17. The predicted molar refractivity (Wildman–Crippen MR) is 82.4 cm³/mol. The highest BCUT2D eigenvalue weighted by atomic mass is 16.5. The zero-order valence-corrected chi connectivity index (χ0v) is 12.7. The monoisotopic (exact) mass is 303 g/mol. The summed E-state index contributed by atoms with van der Waals surface area (Å²) in [6, 6.07) is 9.38. The average molecular weight is 303 g/mol. The van der Waals surface area contributed by atoms with Crippen LogP contribution in [0, 0.1) is 5.92 Å². The lowest BCUT2D eigenvalue weighted by Gasteiger charge is -2.20. The number of hydrogen-bond donors (Lipinski definition) is 1. The second-order valence-electron chi connectivity index (χ2n) is 6.06. The van der Waals surface area contributed by atoms with Crippen LogP contribution in [0.5, 0.6) is 0 Å². The molecule has 6 heteroatoms. The first-order chi connectivity index (χ1) is 10.6. The van der Waals surface area contributed by atoms with Gasteiger partial charge in [-0.25, -0.2) is 4.79 Å². The Labute approximate surface area is 129 Å². The van der Waals surface area contributed by atoms with Crippen molar-refractivity contribution in [1.82, 2.24) is 14.6 Å². The Hall–Kier alpha value is -1.92. The molecule has 2 aromatic rings. The number of aliphatic hydroxyl groups is 1. The van der Waals surface area contributed by atoms with Crippen LogP contribution in [-0.4, -0.2) is 45.5 Å². The minimum absolute atomic E-state index is 0.192. The number of aromatic nitrogens is 2. The van der Waals surface area contributed by atoms with Gasteiger partial charge in [-0.15, -0.1) is 0 Å². The second-order valence-corrected chi connectivity index (χ2v) is 6.06. The Balaban J connectivity index is 1.72. The van der Waals surface area contributed by atoms with Crippen LogP contribution in [0.3, 0.4) is 0 Å². The van der Waals surface area contributed by atoms with E-state index in [4.69, 9.17) is 4.52 Å². The second kappa shape index (κ2) is 6.46. The molecule has 3 rings (SSSR count). The van der Waals surface area contributed by atoms with E-state index in [2.05, 4.69) is 17.0 Å². The van der Waals surface area contributed by atoms with Crippen molar-refractivity contribution in [1.29, 1.82) is 0 Å². The molecular formula is C16H21N3O3. The van der Waals surface area contributed by atoms with Crippen molar-refractivity contribution < 1.29 is 9.63 Å². The Morgan fingerprint density at radius 2 is 2.14 bits per heavy atom. The van der Waals surface area contributed by atoms with Crippen molar-refractivity contribution in [2.24, 2.45) is 5.92 Å². The third-order valence-electron chi connectivity index (χ3n) is 4.09. The summed E-state index contributed by atoms with van der Waals surface area (Å²) in [5.41, 5.74) is 0.801. The number of nitrogens with zero attached hydrogens (tertiary/aromatic N) is 3. The zero-order chi connectivity index (χ0) is 15.5. The van der Waals surface area contributed by atoms with Gasteiger partial charge in [-0.05, 0) is 18.9 Å². The highest BCUT2D eigenvalue weighted by molar-refractivity contribution is 5.54. The van der Waals surface area contributed by atoms with Gasteiger partial charge in [-0.3, -0.25) is 9.09 Å². The minimum Gasteiger partial charge on any atom is -0.390 e. The van der Waals surface area contributed by atoms with Gasteiger partial charge in [0.15, 0.2) is 5.82 Å². The lowest BCUT2D eigenvalue weighted by atomic mass is 10.2. The molecule has 1 aromatic carbocycles. The maximum absolute atomic E-state index is 11.8. The number of β-amino-alcohol motifs (C(OH)–C–C–N with tert-alkyl or cyclic N) is 1. The Bertz CT molecular complexity index is 665. The molecule has 22 heavy (non-hydrogen) atoms. The summed E-state index contributed by atoms with van der Waals surface area (Å²) >= 11 is 0. The third kappa shape index (κ3) is 3.28. The summed E-state index contributed by atoms with van der Waals surface area (Å²) in [5, 5.41) is 14.1. The first kappa shape index (κ1) is 15.0. The number of benzene rings is 1. The molecule has 0 bridgehead atoms. The van der Waals surface area contributed by atoms with E-state index in [1.54, 1.807) is 0 Å². The molecule has 1 aromatic heterocycles. The van der Waals surface area contributed by atoms with Crippen molar-refractivity contribution in [2.45, 2.75) is 26.0 Å². The Kier molecular flexibility index (Phi) is 4.40. The molecule has 1 fully saturated rings. The molecule has 118 valence electrons. The predicted octanol–water partition coefficient (Wildman–Crippen LogP) is 1.21. The lowest BCUT2D eigenvalue weighted by molar-refractivity contribution is 0.106. The summed E-state index contributed by atoms with van der Waals surface area (Å²) in [6.45, 7) is 4.97. The molecule has 1 aliphatic rings. The fourth-order valence-corrected chi connectivity index (χ4v) is 2.98. The molecule has 2 atom stereocenters. The maximum Gasteiger partial charge on any atom is 0.441 e. The first-order valence-corrected chi connectivity index (χ1v) is 7.66. The quantitative estimate of drug-likeness (QED) is 0.899. The van der Waals surface area contributed by atoms with Gasteiger partial charge in [0.1, 0.15) is 0 Å². The van der Waals surface area contributed by atoms with E-state index in [0.717, 1.165) is 25.1 Å². The molecule has 1 N–H and O–H groups in total. The third-order valence-corrected chi connectivity index (χ3v) is 4.09. The SMILES string of the molecule is CC1CCN(CC(O)Cn2c(-c3ccccc3)noc2=O)C1. The van der Waals surface area contributed by atoms with E-state index < -0.39 is 11.9 Å². The normalized spacial score (nSPS) is 20.4. The molecule has 2 heterocycles. The molecule has 0 saturated carbocycles.